The standard InChI is InChI=1S/C12H10O3/c1-7-3-2-4-8-5-6-9(12(14)15)11(13)10(7)8/h2-6,13H,1H3,(H,14,15). The molecule has 0 aliphatic carbocycles. The van der Waals surface area contributed by atoms with E-state index in [0.29, 0.717) is 5.39 Å². The number of phenols is 1. The summed E-state index contributed by atoms with van der Waals surface area (Å²) in [4.78, 5) is 10.8. The van der Waals surface area contributed by atoms with E-state index in [1.807, 2.05) is 25.1 Å². The third-order valence-corrected chi connectivity index (χ3v) is 2.46. The lowest BCUT2D eigenvalue weighted by Gasteiger charge is -2.06. The van der Waals surface area contributed by atoms with Crippen molar-refractivity contribution in [3.05, 3.63) is 41.5 Å². The normalized spacial score (nSPS) is 10.5. The fraction of sp³-hybridized carbons (Fsp3) is 0.0833. The van der Waals surface area contributed by atoms with Gasteiger partial charge in [-0.1, -0.05) is 24.3 Å². The largest absolute Gasteiger partial charge is 0.506 e. The Bertz CT molecular complexity index is 544. The smallest absolute Gasteiger partial charge is 0.339 e. The van der Waals surface area contributed by atoms with Gasteiger partial charge in [-0.05, 0) is 23.9 Å². The molecule has 0 unspecified atom stereocenters. The Hall–Kier alpha value is -2.03. The molecule has 0 heterocycles. The zero-order valence-electron chi connectivity index (χ0n) is 8.19. The van der Waals surface area contributed by atoms with Gasteiger partial charge in [0.05, 0.1) is 0 Å². The maximum atomic E-state index is 10.8. The highest BCUT2D eigenvalue weighted by Crippen LogP contribution is 2.31. The van der Waals surface area contributed by atoms with Crippen LogP contribution in [0.2, 0.25) is 0 Å². The van der Waals surface area contributed by atoms with E-state index in [4.69, 9.17) is 5.11 Å². The van der Waals surface area contributed by atoms with Crippen molar-refractivity contribution < 1.29 is 15.0 Å². The van der Waals surface area contributed by atoms with Crippen LogP contribution in [-0.2, 0) is 0 Å². The van der Waals surface area contributed by atoms with Crippen molar-refractivity contribution in [1.29, 1.82) is 0 Å². The quantitative estimate of drug-likeness (QED) is 0.747. The van der Waals surface area contributed by atoms with Gasteiger partial charge in [0.15, 0.2) is 0 Å². The van der Waals surface area contributed by atoms with Crippen LogP contribution >= 0.6 is 0 Å². The first-order chi connectivity index (χ1) is 7.11. The Balaban J connectivity index is 2.89. The summed E-state index contributed by atoms with van der Waals surface area (Å²) < 4.78 is 0. The number of rotatable bonds is 1. The molecule has 0 fully saturated rings. The number of carboxylic acids is 1. The predicted molar refractivity (Wildman–Crippen MR) is 57.3 cm³/mol. The van der Waals surface area contributed by atoms with Crippen molar-refractivity contribution in [3.8, 4) is 5.75 Å². The van der Waals surface area contributed by atoms with Crippen LogP contribution in [0.3, 0.4) is 0 Å². The molecule has 76 valence electrons. The first kappa shape index (κ1) is 9.52. The fourth-order valence-corrected chi connectivity index (χ4v) is 1.71. The summed E-state index contributed by atoms with van der Waals surface area (Å²) in [5, 5.41) is 20.1. The second-order valence-electron chi connectivity index (χ2n) is 3.44. The number of hydrogen-bond donors (Lipinski definition) is 2. The highest BCUT2D eigenvalue weighted by Gasteiger charge is 2.13. The highest BCUT2D eigenvalue weighted by molar-refractivity contribution is 6.01. The maximum Gasteiger partial charge on any atom is 0.339 e. The van der Waals surface area contributed by atoms with Crippen molar-refractivity contribution in [2.24, 2.45) is 0 Å². The van der Waals surface area contributed by atoms with Gasteiger partial charge in [0.2, 0.25) is 0 Å². The number of hydrogen-bond acceptors (Lipinski definition) is 2. The van der Waals surface area contributed by atoms with Crippen LogP contribution in [0.15, 0.2) is 30.3 Å². The van der Waals surface area contributed by atoms with E-state index >= 15 is 0 Å². The van der Waals surface area contributed by atoms with Crippen LogP contribution < -0.4 is 0 Å². The molecule has 0 spiro atoms. The Morgan fingerprint density at radius 3 is 2.60 bits per heavy atom. The molecule has 0 aliphatic rings. The average Bonchev–Trinajstić information content (AvgIpc) is 2.17. The van der Waals surface area contributed by atoms with Gasteiger partial charge < -0.3 is 10.2 Å². The Morgan fingerprint density at radius 2 is 1.93 bits per heavy atom. The lowest BCUT2D eigenvalue weighted by atomic mass is 10.0. The first-order valence-corrected chi connectivity index (χ1v) is 4.56. The summed E-state index contributed by atoms with van der Waals surface area (Å²) in [7, 11) is 0. The van der Waals surface area contributed by atoms with Crippen LogP contribution in [0, 0.1) is 6.92 Å². The molecule has 0 aromatic heterocycles. The molecule has 2 aromatic rings. The summed E-state index contributed by atoms with van der Waals surface area (Å²) in [6.45, 7) is 1.84. The van der Waals surface area contributed by atoms with Gasteiger partial charge in [0, 0.05) is 5.39 Å². The van der Waals surface area contributed by atoms with Crippen LogP contribution in [0.25, 0.3) is 10.8 Å². The molecule has 0 aliphatic heterocycles. The molecule has 0 saturated heterocycles. The second-order valence-corrected chi connectivity index (χ2v) is 3.44. The van der Waals surface area contributed by atoms with E-state index in [0.717, 1.165) is 10.9 Å². The van der Waals surface area contributed by atoms with Crippen molar-refractivity contribution in [2.75, 3.05) is 0 Å². The van der Waals surface area contributed by atoms with Gasteiger partial charge in [0.1, 0.15) is 11.3 Å². The number of benzene rings is 2. The summed E-state index contributed by atoms with van der Waals surface area (Å²) >= 11 is 0. The minimum atomic E-state index is -1.11. The first-order valence-electron chi connectivity index (χ1n) is 4.56. The molecule has 2 aromatic carbocycles. The number of carboxylic acid groups (broad SMARTS) is 1. The minimum Gasteiger partial charge on any atom is -0.506 e. The summed E-state index contributed by atoms with van der Waals surface area (Å²) in [5.74, 6) is -1.27. The van der Waals surface area contributed by atoms with Crippen molar-refractivity contribution in [2.45, 2.75) is 6.92 Å². The lowest BCUT2D eigenvalue weighted by molar-refractivity contribution is 0.0694. The molecule has 0 saturated carbocycles. The van der Waals surface area contributed by atoms with Gasteiger partial charge in [-0.3, -0.25) is 0 Å². The Morgan fingerprint density at radius 1 is 1.20 bits per heavy atom. The molecule has 0 bridgehead atoms. The summed E-state index contributed by atoms with van der Waals surface area (Å²) in [6.07, 6.45) is 0. The molecule has 0 radical (unpaired) electrons. The minimum absolute atomic E-state index is 0.0585. The van der Waals surface area contributed by atoms with E-state index in [1.165, 1.54) is 6.07 Å². The Kier molecular flexibility index (Phi) is 2.08. The molecule has 0 amide bonds. The zero-order chi connectivity index (χ0) is 11.0. The van der Waals surface area contributed by atoms with Crippen LogP contribution in [0.5, 0.6) is 5.75 Å². The number of carbonyl (C=O) groups is 1. The Labute approximate surface area is 86.6 Å². The van der Waals surface area contributed by atoms with Crippen molar-refractivity contribution >= 4 is 16.7 Å². The molecule has 0 atom stereocenters. The van der Waals surface area contributed by atoms with Crippen molar-refractivity contribution in [1.82, 2.24) is 0 Å². The molecule has 15 heavy (non-hydrogen) atoms. The van der Waals surface area contributed by atoms with E-state index in [1.54, 1.807) is 6.07 Å². The van der Waals surface area contributed by atoms with Gasteiger partial charge in [-0.25, -0.2) is 4.79 Å². The molecule has 3 heteroatoms. The average molecular weight is 202 g/mol. The van der Waals surface area contributed by atoms with Gasteiger partial charge in [0.25, 0.3) is 0 Å². The van der Waals surface area contributed by atoms with Crippen LogP contribution in [0.4, 0.5) is 0 Å². The number of aromatic carboxylic acids is 1. The van der Waals surface area contributed by atoms with Gasteiger partial charge >= 0.3 is 5.97 Å². The molecular formula is C12H10O3. The molecule has 2 rings (SSSR count). The topological polar surface area (TPSA) is 57.5 Å². The SMILES string of the molecule is Cc1cccc2ccc(C(=O)O)c(O)c12. The maximum absolute atomic E-state index is 10.8. The zero-order valence-corrected chi connectivity index (χ0v) is 8.19. The fourth-order valence-electron chi connectivity index (χ4n) is 1.71. The van der Waals surface area contributed by atoms with Gasteiger partial charge in [-0.2, -0.15) is 0 Å². The number of fused-ring (bicyclic) bond motifs is 1. The van der Waals surface area contributed by atoms with E-state index < -0.39 is 5.97 Å². The molecule has 3 nitrogen and oxygen atoms in total. The third kappa shape index (κ3) is 1.42. The summed E-state index contributed by atoms with van der Waals surface area (Å²) in [5.41, 5.74) is 0.810. The van der Waals surface area contributed by atoms with Crippen molar-refractivity contribution in [3.63, 3.8) is 0 Å². The monoisotopic (exact) mass is 202 g/mol. The van der Waals surface area contributed by atoms with E-state index in [-0.39, 0.29) is 11.3 Å². The molecule has 2 N–H and O–H groups in total. The van der Waals surface area contributed by atoms with Crippen LogP contribution in [-0.4, -0.2) is 16.2 Å². The summed E-state index contributed by atoms with van der Waals surface area (Å²) in [6, 6.07) is 8.67. The van der Waals surface area contributed by atoms with Crippen LogP contribution in [0.1, 0.15) is 15.9 Å². The number of aryl methyl sites for hydroxylation is 1. The van der Waals surface area contributed by atoms with E-state index in [2.05, 4.69) is 0 Å². The highest BCUT2D eigenvalue weighted by atomic mass is 16.4. The molecular weight excluding hydrogens is 192 g/mol. The predicted octanol–water partition coefficient (Wildman–Crippen LogP) is 2.55. The van der Waals surface area contributed by atoms with E-state index in [9.17, 15) is 9.90 Å². The van der Waals surface area contributed by atoms with Gasteiger partial charge in [-0.15, -0.1) is 0 Å². The second kappa shape index (κ2) is 3.28. The number of aromatic hydroxyl groups is 1. The third-order valence-electron chi connectivity index (χ3n) is 2.46. The lowest BCUT2D eigenvalue weighted by Crippen LogP contribution is -1.97.